The van der Waals surface area contributed by atoms with Gasteiger partial charge >= 0.3 is 5.97 Å². The lowest BCUT2D eigenvalue weighted by atomic mass is 10.0. The minimum absolute atomic E-state index is 0.247. The number of hydrogen-bond donors (Lipinski definition) is 2. The predicted octanol–water partition coefficient (Wildman–Crippen LogP) is 2.81. The number of nitrogens with one attached hydrogen (secondary N) is 1. The van der Waals surface area contributed by atoms with Crippen molar-refractivity contribution in [3.05, 3.63) is 42.1 Å². The minimum Gasteiger partial charge on any atom is -0.481 e. The standard InChI is InChI=1S/C22H29N3O5/c1-13(30-22(2,3)4)19(21(27)29-6)25-20(26)16-9-7-14(11-17(16)23)15-8-10-18(28-5)24-12-15/h7-13,19H,23H2,1-6H3,(H,25,26)/t13?,19-/m0/s1. The molecule has 30 heavy (non-hydrogen) atoms. The molecule has 3 N–H and O–H groups in total. The Morgan fingerprint density at radius 1 is 1.10 bits per heavy atom. The Bertz CT molecular complexity index is 891. The van der Waals surface area contributed by atoms with Gasteiger partial charge in [-0.1, -0.05) is 6.07 Å². The molecule has 8 heteroatoms. The van der Waals surface area contributed by atoms with Gasteiger partial charge in [0, 0.05) is 23.5 Å². The van der Waals surface area contributed by atoms with E-state index in [1.807, 2.05) is 26.8 Å². The molecule has 0 bridgehead atoms. The van der Waals surface area contributed by atoms with Crippen LogP contribution in [-0.2, 0) is 14.3 Å². The summed E-state index contributed by atoms with van der Waals surface area (Å²) in [4.78, 5) is 29.2. The van der Waals surface area contributed by atoms with Crippen molar-refractivity contribution in [3.8, 4) is 17.0 Å². The maximum atomic E-state index is 12.8. The minimum atomic E-state index is -0.980. The molecule has 0 radical (unpaired) electrons. The Hall–Kier alpha value is -3.13. The SMILES string of the molecule is COC(=O)[C@@H](NC(=O)c1ccc(-c2ccc(OC)nc2)cc1N)C(C)OC(C)(C)C. The van der Waals surface area contributed by atoms with Gasteiger partial charge in [-0.25, -0.2) is 9.78 Å². The number of carbonyl (C=O) groups excluding carboxylic acids is 2. The Balaban J connectivity index is 2.22. The predicted molar refractivity (Wildman–Crippen MR) is 114 cm³/mol. The van der Waals surface area contributed by atoms with Crippen LogP contribution in [0.5, 0.6) is 5.88 Å². The van der Waals surface area contributed by atoms with Gasteiger partial charge in [0.05, 0.1) is 31.5 Å². The Morgan fingerprint density at radius 2 is 1.77 bits per heavy atom. The number of ether oxygens (including phenoxy) is 3. The molecular weight excluding hydrogens is 386 g/mol. The number of anilines is 1. The number of rotatable bonds is 7. The number of aromatic nitrogens is 1. The highest BCUT2D eigenvalue weighted by Gasteiger charge is 2.32. The molecule has 1 amide bonds. The molecule has 0 saturated carbocycles. The van der Waals surface area contributed by atoms with Crippen LogP contribution in [0.3, 0.4) is 0 Å². The van der Waals surface area contributed by atoms with Gasteiger partial charge in [-0.15, -0.1) is 0 Å². The first kappa shape index (κ1) is 23.2. The van der Waals surface area contributed by atoms with Crippen LogP contribution in [0, 0.1) is 0 Å². The van der Waals surface area contributed by atoms with Crippen molar-refractivity contribution in [2.75, 3.05) is 20.0 Å². The quantitative estimate of drug-likeness (QED) is 0.528. The molecule has 1 aromatic heterocycles. The van der Waals surface area contributed by atoms with Crippen LogP contribution >= 0.6 is 0 Å². The maximum absolute atomic E-state index is 12.8. The van der Waals surface area contributed by atoms with E-state index in [0.29, 0.717) is 5.88 Å². The topological polar surface area (TPSA) is 113 Å². The van der Waals surface area contributed by atoms with Crippen LogP contribution in [0.4, 0.5) is 5.69 Å². The molecule has 2 atom stereocenters. The van der Waals surface area contributed by atoms with E-state index in [4.69, 9.17) is 19.9 Å². The van der Waals surface area contributed by atoms with Crippen molar-refractivity contribution in [2.24, 2.45) is 0 Å². The highest BCUT2D eigenvalue weighted by Crippen LogP contribution is 2.25. The summed E-state index contributed by atoms with van der Waals surface area (Å²) in [5, 5.41) is 2.67. The smallest absolute Gasteiger partial charge is 0.331 e. The van der Waals surface area contributed by atoms with Crippen molar-refractivity contribution in [1.29, 1.82) is 0 Å². The van der Waals surface area contributed by atoms with Gasteiger partial charge in [-0.3, -0.25) is 4.79 Å². The average molecular weight is 415 g/mol. The van der Waals surface area contributed by atoms with E-state index >= 15 is 0 Å². The Labute approximate surface area is 176 Å². The Kier molecular flexibility index (Phi) is 7.39. The van der Waals surface area contributed by atoms with E-state index in [2.05, 4.69) is 10.3 Å². The zero-order valence-corrected chi connectivity index (χ0v) is 18.2. The van der Waals surface area contributed by atoms with Gasteiger partial charge in [-0.05, 0) is 51.5 Å². The molecule has 0 aliphatic rings. The zero-order chi connectivity index (χ0) is 22.5. The van der Waals surface area contributed by atoms with Crippen LogP contribution in [0.2, 0.25) is 0 Å². The van der Waals surface area contributed by atoms with Gasteiger partial charge < -0.3 is 25.3 Å². The molecule has 2 rings (SSSR count). The second kappa shape index (κ2) is 9.58. The number of pyridine rings is 1. The number of carbonyl (C=O) groups is 2. The fourth-order valence-corrected chi connectivity index (χ4v) is 2.96. The molecule has 1 aromatic carbocycles. The third-order valence-electron chi connectivity index (χ3n) is 4.33. The summed E-state index contributed by atoms with van der Waals surface area (Å²) in [6, 6.07) is 7.65. The van der Waals surface area contributed by atoms with Crippen molar-refractivity contribution in [3.63, 3.8) is 0 Å². The molecule has 2 aromatic rings. The number of benzene rings is 1. The number of hydrogen-bond acceptors (Lipinski definition) is 7. The maximum Gasteiger partial charge on any atom is 0.331 e. The van der Waals surface area contributed by atoms with Crippen LogP contribution in [-0.4, -0.2) is 48.8 Å². The normalized spacial score (nSPS) is 13.3. The average Bonchev–Trinajstić information content (AvgIpc) is 2.69. The summed E-state index contributed by atoms with van der Waals surface area (Å²) in [5.41, 5.74) is 7.77. The molecule has 0 spiro atoms. The molecule has 1 heterocycles. The summed E-state index contributed by atoms with van der Waals surface area (Å²) < 4.78 is 15.7. The number of nitrogens with two attached hydrogens (primary N) is 1. The fraction of sp³-hybridized carbons (Fsp3) is 0.409. The molecular formula is C22H29N3O5. The first-order valence-corrected chi connectivity index (χ1v) is 9.52. The van der Waals surface area contributed by atoms with Gasteiger partial charge in [-0.2, -0.15) is 0 Å². The Morgan fingerprint density at radius 3 is 2.27 bits per heavy atom. The summed E-state index contributed by atoms with van der Waals surface area (Å²) in [5.74, 6) is -0.588. The summed E-state index contributed by atoms with van der Waals surface area (Å²) >= 11 is 0. The van der Waals surface area contributed by atoms with Crippen molar-refractivity contribution >= 4 is 17.6 Å². The second-order valence-electron chi connectivity index (χ2n) is 7.80. The van der Waals surface area contributed by atoms with Crippen LogP contribution in [0.15, 0.2) is 36.5 Å². The van der Waals surface area contributed by atoms with Crippen LogP contribution < -0.4 is 15.8 Å². The number of esters is 1. The number of methoxy groups -OCH3 is 2. The lowest BCUT2D eigenvalue weighted by Crippen LogP contribution is -2.51. The van der Waals surface area contributed by atoms with Gasteiger partial charge in [0.25, 0.3) is 5.91 Å². The monoisotopic (exact) mass is 415 g/mol. The first-order chi connectivity index (χ1) is 14.1. The van der Waals surface area contributed by atoms with E-state index in [-0.39, 0.29) is 11.3 Å². The number of nitrogen functional groups attached to an aromatic ring is 1. The molecule has 0 saturated heterocycles. The summed E-state index contributed by atoms with van der Waals surface area (Å²) in [6.45, 7) is 7.30. The summed E-state index contributed by atoms with van der Waals surface area (Å²) in [6.07, 6.45) is 1.05. The van der Waals surface area contributed by atoms with E-state index in [1.54, 1.807) is 44.5 Å². The number of amides is 1. The lowest BCUT2D eigenvalue weighted by molar-refractivity contribution is -0.150. The highest BCUT2D eigenvalue weighted by molar-refractivity contribution is 6.01. The van der Waals surface area contributed by atoms with E-state index < -0.39 is 29.6 Å². The van der Waals surface area contributed by atoms with Gasteiger partial charge in [0.2, 0.25) is 5.88 Å². The van der Waals surface area contributed by atoms with Gasteiger partial charge in [0.1, 0.15) is 0 Å². The molecule has 0 fully saturated rings. The van der Waals surface area contributed by atoms with E-state index in [1.165, 1.54) is 7.11 Å². The third-order valence-corrected chi connectivity index (χ3v) is 4.33. The second-order valence-corrected chi connectivity index (χ2v) is 7.80. The summed E-state index contributed by atoms with van der Waals surface area (Å²) in [7, 11) is 2.81. The largest absolute Gasteiger partial charge is 0.481 e. The lowest BCUT2D eigenvalue weighted by Gasteiger charge is -2.30. The van der Waals surface area contributed by atoms with Crippen molar-refractivity contribution < 1.29 is 23.8 Å². The molecule has 0 aliphatic heterocycles. The first-order valence-electron chi connectivity index (χ1n) is 9.52. The van der Waals surface area contributed by atoms with E-state index in [0.717, 1.165) is 11.1 Å². The fourth-order valence-electron chi connectivity index (χ4n) is 2.96. The van der Waals surface area contributed by atoms with E-state index in [9.17, 15) is 9.59 Å². The number of nitrogens with zero attached hydrogens (tertiary/aromatic N) is 1. The molecule has 162 valence electrons. The van der Waals surface area contributed by atoms with Crippen LogP contribution in [0.1, 0.15) is 38.1 Å². The molecule has 8 nitrogen and oxygen atoms in total. The van der Waals surface area contributed by atoms with Crippen LogP contribution in [0.25, 0.3) is 11.1 Å². The van der Waals surface area contributed by atoms with Gasteiger partial charge in [0.15, 0.2) is 6.04 Å². The molecule has 1 unspecified atom stereocenters. The zero-order valence-electron chi connectivity index (χ0n) is 18.2. The van der Waals surface area contributed by atoms with Crippen molar-refractivity contribution in [2.45, 2.75) is 45.4 Å². The molecule has 0 aliphatic carbocycles. The van der Waals surface area contributed by atoms with Crippen molar-refractivity contribution in [1.82, 2.24) is 10.3 Å². The highest BCUT2D eigenvalue weighted by atomic mass is 16.5. The third kappa shape index (κ3) is 5.93.